The van der Waals surface area contributed by atoms with E-state index in [1.165, 1.54) is 18.4 Å². The lowest BCUT2D eigenvalue weighted by Gasteiger charge is -2.26. The van der Waals surface area contributed by atoms with Crippen LogP contribution in [0.4, 0.5) is 5.95 Å². The van der Waals surface area contributed by atoms with Crippen LogP contribution in [0.25, 0.3) is 16.7 Å². The highest BCUT2D eigenvalue weighted by Crippen LogP contribution is 2.40. The van der Waals surface area contributed by atoms with Gasteiger partial charge in [0.15, 0.2) is 5.65 Å². The number of nitrogens with zero attached hydrogens (tertiary/aromatic N) is 4. The summed E-state index contributed by atoms with van der Waals surface area (Å²) in [5, 5.41) is 5.09. The highest BCUT2D eigenvalue weighted by atomic mass is 16.5. The van der Waals surface area contributed by atoms with Crippen LogP contribution < -0.4 is 10.5 Å². The van der Waals surface area contributed by atoms with Crippen LogP contribution in [0.2, 0.25) is 0 Å². The molecule has 1 N–H and O–H groups in total. The van der Waals surface area contributed by atoms with Gasteiger partial charge in [-0.1, -0.05) is 12.1 Å². The molecule has 0 amide bonds. The number of ether oxygens (including phenoxy) is 1. The van der Waals surface area contributed by atoms with Gasteiger partial charge in [-0.3, -0.25) is 9.78 Å². The molecule has 0 spiro atoms. The van der Waals surface area contributed by atoms with Crippen LogP contribution in [-0.2, 0) is 4.74 Å². The van der Waals surface area contributed by atoms with Crippen molar-refractivity contribution in [3.8, 4) is 5.69 Å². The minimum atomic E-state index is -0.157. The normalized spacial score (nSPS) is 17.8. The van der Waals surface area contributed by atoms with Crippen molar-refractivity contribution in [3.63, 3.8) is 0 Å². The zero-order chi connectivity index (χ0) is 17.7. The monoisotopic (exact) mass is 351 g/mol. The van der Waals surface area contributed by atoms with Gasteiger partial charge < -0.3 is 9.64 Å². The average molecular weight is 351 g/mol. The average Bonchev–Trinajstić information content (AvgIpc) is 3.42. The molecule has 0 unspecified atom stereocenters. The van der Waals surface area contributed by atoms with E-state index in [9.17, 15) is 4.79 Å². The molecule has 2 aromatic heterocycles. The van der Waals surface area contributed by atoms with Crippen molar-refractivity contribution in [2.75, 3.05) is 31.2 Å². The molecular weight excluding hydrogens is 330 g/mol. The summed E-state index contributed by atoms with van der Waals surface area (Å²) in [5.41, 5.74) is 3.86. The minimum absolute atomic E-state index is 0.157. The zero-order valence-corrected chi connectivity index (χ0v) is 14.7. The third kappa shape index (κ3) is 2.68. The molecule has 3 heterocycles. The Bertz CT molecular complexity index is 1030. The van der Waals surface area contributed by atoms with E-state index in [1.807, 2.05) is 4.90 Å². The van der Waals surface area contributed by atoms with Crippen LogP contribution in [0, 0.1) is 6.92 Å². The maximum Gasteiger partial charge on any atom is 0.263 e. The SMILES string of the molecule is Cc1cc(C2CC2)ccc1-n1cc2c(=O)[nH]c(N3CCOCC3)nc2n1. The van der Waals surface area contributed by atoms with Gasteiger partial charge in [0.05, 0.1) is 18.9 Å². The molecule has 0 bridgehead atoms. The summed E-state index contributed by atoms with van der Waals surface area (Å²) < 4.78 is 7.13. The smallest absolute Gasteiger partial charge is 0.263 e. The molecule has 1 saturated heterocycles. The molecule has 1 saturated carbocycles. The van der Waals surface area contributed by atoms with Crippen molar-refractivity contribution in [2.24, 2.45) is 0 Å². The second kappa shape index (κ2) is 5.95. The minimum Gasteiger partial charge on any atom is -0.378 e. The first kappa shape index (κ1) is 15.6. The third-order valence-electron chi connectivity index (χ3n) is 5.20. The van der Waals surface area contributed by atoms with Crippen LogP contribution in [0.15, 0.2) is 29.2 Å². The Hall–Kier alpha value is -2.67. The van der Waals surface area contributed by atoms with Gasteiger partial charge in [0, 0.05) is 19.3 Å². The van der Waals surface area contributed by atoms with Gasteiger partial charge in [-0.15, -0.1) is 5.10 Å². The molecule has 2 fully saturated rings. The quantitative estimate of drug-likeness (QED) is 0.782. The molecule has 2 aliphatic rings. The number of nitrogens with one attached hydrogen (secondary N) is 1. The fraction of sp³-hybridized carbons (Fsp3) is 0.421. The summed E-state index contributed by atoms with van der Waals surface area (Å²) in [6.07, 6.45) is 4.34. The third-order valence-corrected chi connectivity index (χ3v) is 5.20. The first-order valence-corrected chi connectivity index (χ1v) is 9.12. The maximum atomic E-state index is 12.5. The van der Waals surface area contributed by atoms with Crippen molar-refractivity contribution in [3.05, 3.63) is 45.9 Å². The highest BCUT2D eigenvalue weighted by molar-refractivity contribution is 5.74. The van der Waals surface area contributed by atoms with Gasteiger partial charge >= 0.3 is 0 Å². The molecule has 134 valence electrons. The van der Waals surface area contributed by atoms with Crippen molar-refractivity contribution >= 4 is 17.0 Å². The Morgan fingerprint density at radius 3 is 2.77 bits per heavy atom. The topological polar surface area (TPSA) is 76.0 Å². The van der Waals surface area contributed by atoms with Crippen molar-refractivity contribution in [1.29, 1.82) is 0 Å². The van der Waals surface area contributed by atoms with Crippen LogP contribution >= 0.6 is 0 Å². The van der Waals surface area contributed by atoms with Crippen molar-refractivity contribution < 1.29 is 4.74 Å². The Morgan fingerprint density at radius 1 is 1.23 bits per heavy atom. The summed E-state index contributed by atoms with van der Waals surface area (Å²) in [5.74, 6) is 1.29. The lowest BCUT2D eigenvalue weighted by Crippen LogP contribution is -2.38. The van der Waals surface area contributed by atoms with Crippen molar-refractivity contribution in [2.45, 2.75) is 25.7 Å². The van der Waals surface area contributed by atoms with E-state index < -0.39 is 0 Å². The predicted octanol–water partition coefficient (Wildman–Crippen LogP) is 2.13. The number of morpholine rings is 1. The summed E-state index contributed by atoms with van der Waals surface area (Å²) in [6.45, 7) is 4.81. The molecule has 1 aromatic carbocycles. The molecule has 1 aliphatic heterocycles. The lowest BCUT2D eigenvalue weighted by atomic mass is 10.1. The first-order chi connectivity index (χ1) is 12.7. The van der Waals surface area contributed by atoms with E-state index >= 15 is 0 Å². The molecular formula is C19H21N5O2. The number of H-pyrrole nitrogens is 1. The maximum absolute atomic E-state index is 12.5. The molecule has 7 heteroatoms. The molecule has 5 rings (SSSR count). The number of aryl methyl sites for hydroxylation is 1. The van der Waals surface area contributed by atoms with Gasteiger partial charge in [-0.2, -0.15) is 4.98 Å². The van der Waals surface area contributed by atoms with E-state index in [1.54, 1.807) is 10.9 Å². The summed E-state index contributed by atoms with van der Waals surface area (Å²) >= 11 is 0. The van der Waals surface area contributed by atoms with E-state index in [0.717, 1.165) is 30.3 Å². The lowest BCUT2D eigenvalue weighted by molar-refractivity contribution is 0.122. The van der Waals surface area contributed by atoms with Gasteiger partial charge in [0.1, 0.15) is 5.39 Å². The van der Waals surface area contributed by atoms with Crippen LogP contribution in [0.1, 0.15) is 29.9 Å². The molecule has 0 radical (unpaired) electrons. The molecule has 26 heavy (non-hydrogen) atoms. The second-order valence-corrected chi connectivity index (χ2v) is 7.12. The van der Waals surface area contributed by atoms with Crippen molar-refractivity contribution in [1.82, 2.24) is 19.7 Å². The standard InChI is InChI=1S/C19H21N5O2/c1-12-10-14(13-2-3-13)4-5-16(12)24-11-15-17(22-24)20-19(21-18(15)25)23-6-8-26-9-7-23/h4-5,10-11,13H,2-3,6-9H2,1H3,(H,20,21,22,25). The zero-order valence-electron chi connectivity index (χ0n) is 14.7. The Kier molecular flexibility index (Phi) is 3.56. The van der Waals surface area contributed by atoms with E-state index in [2.05, 4.69) is 40.2 Å². The van der Waals surface area contributed by atoms with Crippen LogP contribution in [0.5, 0.6) is 0 Å². The Labute approximate surface area is 150 Å². The number of benzene rings is 1. The van der Waals surface area contributed by atoms with E-state index in [0.29, 0.717) is 30.2 Å². The fourth-order valence-corrected chi connectivity index (χ4v) is 3.56. The summed E-state index contributed by atoms with van der Waals surface area (Å²) in [6, 6.07) is 6.49. The van der Waals surface area contributed by atoms with Gasteiger partial charge in [0.2, 0.25) is 5.95 Å². The number of aromatic nitrogens is 4. The van der Waals surface area contributed by atoms with Crippen LogP contribution in [0.3, 0.4) is 0 Å². The van der Waals surface area contributed by atoms with Crippen LogP contribution in [-0.4, -0.2) is 46.1 Å². The number of rotatable bonds is 3. The largest absolute Gasteiger partial charge is 0.378 e. The Balaban J connectivity index is 1.55. The summed E-state index contributed by atoms with van der Waals surface area (Å²) in [7, 11) is 0. The number of fused-ring (bicyclic) bond motifs is 1. The van der Waals surface area contributed by atoms with E-state index in [-0.39, 0.29) is 5.56 Å². The number of anilines is 1. The predicted molar refractivity (Wildman–Crippen MR) is 99.2 cm³/mol. The van der Waals surface area contributed by atoms with Gasteiger partial charge in [-0.25, -0.2) is 4.68 Å². The number of hydrogen-bond acceptors (Lipinski definition) is 5. The fourth-order valence-electron chi connectivity index (χ4n) is 3.56. The molecule has 3 aromatic rings. The second-order valence-electron chi connectivity index (χ2n) is 7.12. The van der Waals surface area contributed by atoms with Gasteiger partial charge in [0.25, 0.3) is 5.56 Å². The number of aromatic amines is 1. The highest BCUT2D eigenvalue weighted by Gasteiger charge is 2.24. The molecule has 0 atom stereocenters. The van der Waals surface area contributed by atoms with Gasteiger partial charge in [-0.05, 0) is 42.9 Å². The number of hydrogen-bond donors (Lipinski definition) is 1. The van der Waals surface area contributed by atoms with E-state index in [4.69, 9.17) is 4.74 Å². The molecule has 7 nitrogen and oxygen atoms in total. The molecule has 1 aliphatic carbocycles. The first-order valence-electron chi connectivity index (χ1n) is 9.12. The summed E-state index contributed by atoms with van der Waals surface area (Å²) in [4.78, 5) is 22.0. The Morgan fingerprint density at radius 2 is 2.04 bits per heavy atom.